The second-order valence-corrected chi connectivity index (χ2v) is 12.7. The van der Waals surface area contributed by atoms with Gasteiger partial charge in [-0.2, -0.15) is 0 Å². The van der Waals surface area contributed by atoms with Crippen LogP contribution in [0.1, 0.15) is 40.9 Å². The van der Waals surface area contributed by atoms with Gasteiger partial charge in [0.05, 0.1) is 17.9 Å². The molecule has 43 heavy (non-hydrogen) atoms. The maximum Gasteiger partial charge on any atom is 0.310 e. The van der Waals surface area contributed by atoms with Crippen molar-refractivity contribution in [1.29, 1.82) is 0 Å². The number of nitrogens with zero attached hydrogens (tertiary/aromatic N) is 3. The highest BCUT2D eigenvalue weighted by atomic mass is 32.1. The first-order valence-corrected chi connectivity index (χ1v) is 14.8. The number of hydrogen-bond donors (Lipinski definition) is 2. The number of rotatable bonds is 9. The van der Waals surface area contributed by atoms with Crippen LogP contribution in [0, 0.1) is 5.92 Å². The predicted octanol–water partition coefficient (Wildman–Crippen LogP) is 5.06. The first-order chi connectivity index (χ1) is 20.5. The van der Waals surface area contributed by atoms with Crippen molar-refractivity contribution < 1.29 is 24.2 Å². The number of ether oxygens (including phenoxy) is 1. The van der Waals surface area contributed by atoms with E-state index in [0.717, 1.165) is 32.9 Å². The summed E-state index contributed by atoms with van der Waals surface area (Å²) in [7, 11) is 1.63. The Bertz CT molecular complexity index is 1600. The molecule has 0 spiro atoms. The van der Waals surface area contributed by atoms with Gasteiger partial charge in [0.15, 0.2) is 5.82 Å². The molecule has 3 heterocycles. The van der Waals surface area contributed by atoms with E-state index in [0.29, 0.717) is 10.7 Å². The second kappa shape index (κ2) is 12.3. The summed E-state index contributed by atoms with van der Waals surface area (Å²) < 4.78 is 5.22. The highest BCUT2D eigenvalue weighted by molar-refractivity contribution is 7.14. The Kier molecular flexibility index (Phi) is 8.59. The summed E-state index contributed by atoms with van der Waals surface area (Å²) in [6, 6.07) is 18.1. The fourth-order valence-corrected chi connectivity index (χ4v) is 5.73. The van der Waals surface area contributed by atoms with Crippen molar-refractivity contribution in [2.75, 3.05) is 20.2 Å². The topological polar surface area (TPSA) is 122 Å². The molecule has 2 N–H and O–H groups in total. The van der Waals surface area contributed by atoms with Gasteiger partial charge in [-0.25, -0.2) is 9.97 Å². The van der Waals surface area contributed by atoms with Gasteiger partial charge in [-0.15, -0.1) is 11.3 Å². The number of aromatic nitrogens is 2. The van der Waals surface area contributed by atoms with E-state index in [-0.39, 0.29) is 36.7 Å². The fourth-order valence-electron chi connectivity index (χ4n) is 4.76. The van der Waals surface area contributed by atoms with Crippen LogP contribution in [-0.2, 0) is 21.4 Å². The molecule has 1 atom stereocenters. The van der Waals surface area contributed by atoms with Crippen LogP contribution in [0.5, 0.6) is 5.75 Å². The highest BCUT2D eigenvalue weighted by Crippen LogP contribution is 2.30. The van der Waals surface area contributed by atoms with Crippen LogP contribution in [0.2, 0.25) is 0 Å². The minimum Gasteiger partial charge on any atom is -0.497 e. The number of carbonyl (C=O) groups is 3. The van der Waals surface area contributed by atoms with Crippen molar-refractivity contribution in [3.8, 4) is 28.3 Å². The van der Waals surface area contributed by atoms with E-state index in [1.807, 2.05) is 54.6 Å². The van der Waals surface area contributed by atoms with Crippen LogP contribution in [0.3, 0.4) is 0 Å². The van der Waals surface area contributed by atoms with E-state index in [1.54, 1.807) is 25.6 Å². The molecule has 2 aromatic heterocycles. The Hall–Kier alpha value is -4.57. The van der Waals surface area contributed by atoms with Crippen molar-refractivity contribution in [2.45, 2.75) is 38.6 Å². The summed E-state index contributed by atoms with van der Waals surface area (Å²) in [5.41, 5.74) is 3.43. The van der Waals surface area contributed by atoms with Gasteiger partial charge < -0.3 is 20.1 Å². The Labute approximate surface area is 254 Å². The van der Waals surface area contributed by atoms with Crippen molar-refractivity contribution >= 4 is 29.1 Å². The molecule has 1 unspecified atom stereocenters. The average molecular weight is 599 g/mol. The number of aliphatic carboxylic acids is 1. The second-order valence-electron chi connectivity index (χ2n) is 11.6. The molecule has 2 amide bonds. The Morgan fingerprint density at radius 3 is 2.14 bits per heavy atom. The molecule has 9 nitrogen and oxygen atoms in total. The first kappa shape index (κ1) is 29.9. The molecular formula is C33H34N4O5S. The molecule has 0 radical (unpaired) electrons. The van der Waals surface area contributed by atoms with Crippen molar-refractivity contribution in [2.24, 2.45) is 5.92 Å². The van der Waals surface area contributed by atoms with Crippen LogP contribution in [0.15, 0.2) is 73.1 Å². The third kappa shape index (κ3) is 6.91. The third-order valence-electron chi connectivity index (χ3n) is 7.44. The number of methoxy groups -OCH3 is 1. The quantitative estimate of drug-likeness (QED) is 0.276. The monoisotopic (exact) mass is 598 g/mol. The van der Waals surface area contributed by atoms with Gasteiger partial charge in [-0.05, 0) is 40.8 Å². The SMILES string of the molecule is COc1ccc(-c2cnc(-c3ccc(CC(NC(=O)c4ccc(C(C)(C)C)s4)C(=O)N4CC(C(=O)O)C4)cc3)nc2)cc1. The average Bonchev–Trinajstić information content (AvgIpc) is 3.48. The van der Waals surface area contributed by atoms with Gasteiger partial charge in [0.1, 0.15) is 11.8 Å². The molecule has 0 saturated carbocycles. The predicted molar refractivity (Wildman–Crippen MR) is 165 cm³/mol. The van der Waals surface area contributed by atoms with Crippen molar-refractivity contribution in [3.05, 3.63) is 88.4 Å². The number of carboxylic acids is 1. The maximum absolute atomic E-state index is 13.4. The summed E-state index contributed by atoms with van der Waals surface area (Å²) >= 11 is 1.41. The summed E-state index contributed by atoms with van der Waals surface area (Å²) in [6.45, 7) is 6.52. The molecule has 5 rings (SSSR count). The number of likely N-dealkylation sites (tertiary alicyclic amines) is 1. The fraction of sp³-hybridized carbons (Fsp3) is 0.303. The van der Waals surface area contributed by atoms with Gasteiger partial charge in [-0.3, -0.25) is 14.4 Å². The number of hydrogen-bond acceptors (Lipinski definition) is 7. The standard InChI is InChI=1S/C33H34N4O5S/c1-33(2,3)28-14-13-27(43-28)30(38)36-26(31(39)37-18-24(19-37)32(40)41)15-20-5-7-22(8-6-20)29-34-16-23(17-35-29)21-9-11-25(42-4)12-10-21/h5-14,16-17,24,26H,15,18-19H2,1-4H3,(H,36,38)(H,40,41). The van der Waals surface area contributed by atoms with E-state index in [9.17, 15) is 19.5 Å². The summed E-state index contributed by atoms with van der Waals surface area (Å²) in [6.07, 6.45) is 3.80. The van der Waals surface area contributed by atoms with E-state index in [2.05, 4.69) is 36.1 Å². The van der Waals surface area contributed by atoms with Gasteiger partial charge in [0, 0.05) is 47.9 Å². The van der Waals surface area contributed by atoms with E-state index >= 15 is 0 Å². The number of carboxylic acid groups (broad SMARTS) is 1. The smallest absolute Gasteiger partial charge is 0.310 e. The normalized spacial score (nSPS) is 14.1. The summed E-state index contributed by atoms with van der Waals surface area (Å²) in [5.74, 6) is -0.774. The van der Waals surface area contributed by atoms with Gasteiger partial charge in [-0.1, -0.05) is 57.2 Å². The van der Waals surface area contributed by atoms with E-state index in [1.165, 1.54) is 16.2 Å². The maximum atomic E-state index is 13.4. The zero-order valence-electron chi connectivity index (χ0n) is 24.5. The van der Waals surface area contributed by atoms with Crippen LogP contribution < -0.4 is 10.1 Å². The molecular weight excluding hydrogens is 564 g/mol. The Morgan fingerprint density at radius 1 is 0.953 bits per heavy atom. The summed E-state index contributed by atoms with van der Waals surface area (Å²) in [5, 5.41) is 12.2. The number of thiophene rings is 1. The van der Waals surface area contributed by atoms with Crippen LogP contribution in [0.4, 0.5) is 0 Å². The van der Waals surface area contributed by atoms with Crippen molar-refractivity contribution in [3.63, 3.8) is 0 Å². The van der Waals surface area contributed by atoms with Gasteiger partial charge in [0.25, 0.3) is 5.91 Å². The lowest BCUT2D eigenvalue weighted by molar-refractivity contribution is -0.153. The molecule has 2 aromatic carbocycles. The molecule has 0 aliphatic carbocycles. The third-order valence-corrected chi connectivity index (χ3v) is 8.95. The molecule has 1 fully saturated rings. The number of benzene rings is 2. The lowest BCUT2D eigenvalue weighted by atomic mass is 9.95. The lowest BCUT2D eigenvalue weighted by Gasteiger charge is -2.38. The van der Waals surface area contributed by atoms with Crippen LogP contribution in [0.25, 0.3) is 22.5 Å². The molecule has 1 saturated heterocycles. The minimum absolute atomic E-state index is 0.0939. The largest absolute Gasteiger partial charge is 0.497 e. The van der Waals surface area contributed by atoms with E-state index < -0.39 is 17.9 Å². The summed E-state index contributed by atoms with van der Waals surface area (Å²) in [4.78, 5) is 50.1. The minimum atomic E-state index is -0.923. The Balaban J connectivity index is 1.30. The first-order valence-electron chi connectivity index (χ1n) is 14.0. The molecule has 4 aromatic rings. The zero-order valence-corrected chi connectivity index (χ0v) is 25.4. The highest BCUT2D eigenvalue weighted by Gasteiger charge is 2.39. The molecule has 1 aliphatic heterocycles. The lowest BCUT2D eigenvalue weighted by Crippen LogP contribution is -2.59. The molecule has 1 aliphatic rings. The van der Waals surface area contributed by atoms with Crippen LogP contribution >= 0.6 is 11.3 Å². The van der Waals surface area contributed by atoms with Gasteiger partial charge in [0.2, 0.25) is 5.91 Å². The molecule has 222 valence electrons. The number of carbonyl (C=O) groups excluding carboxylic acids is 2. The van der Waals surface area contributed by atoms with E-state index in [4.69, 9.17) is 4.74 Å². The number of nitrogens with one attached hydrogen (secondary N) is 1. The molecule has 10 heteroatoms. The van der Waals surface area contributed by atoms with Crippen LogP contribution in [-0.4, -0.2) is 64.0 Å². The molecule has 0 bridgehead atoms. The van der Waals surface area contributed by atoms with Crippen molar-refractivity contribution in [1.82, 2.24) is 20.2 Å². The number of amides is 2. The van der Waals surface area contributed by atoms with Gasteiger partial charge >= 0.3 is 5.97 Å². The Morgan fingerprint density at radius 2 is 1.58 bits per heavy atom. The zero-order chi connectivity index (χ0) is 30.7.